The average Bonchev–Trinajstić information content (AvgIpc) is 3.15. The summed E-state index contributed by atoms with van der Waals surface area (Å²) >= 11 is 6.02. The zero-order valence-electron chi connectivity index (χ0n) is 15.6. The van der Waals surface area contributed by atoms with Gasteiger partial charge in [-0.3, -0.25) is 14.9 Å². The number of fused-ring (bicyclic) bond motifs is 1. The van der Waals surface area contributed by atoms with Gasteiger partial charge in [-0.05, 0) is 36.8 Å². The van der Waals surface area contributed by atoms with Crippen LogP contribution in [0.4, 0.5) is 11.4 Å². The summed E-state index contributed by atoms with van der Waals surface area (Å²) in [7, 11) is 0. The van der Waals surface area contributed by atoms with E-state index in [1.165, 1.54) is 28.9 Å². The first-order valence-electron chi connectivity index (χ1n) is 8.74. The van der Waals surface area contributed by atoms with Crippen molar-refractivity contribution >= 4 is 34.5 Å². The smallest absolute Gasteiger partial charge is 0.275 e. The lowest BCUT2D eigenvalue weighted by atomic mass is 10.2. The number of nitro benzene ring substituents is 1. The van der Waals surface area contributed by atoms with Crippen LogP contribution in [0.1, 0.15) is 15.9 Å². The third kappa shape index (κ3) is 3.91. The molecule has 30 heavy (non-hydrogen) atoms. The Balaban J connectivity index is 1.64. The molecular weight excluding hydrogens is 410 g/mol. The summed E-state index contributed by atoms with van der Waals surface area (Å²) < 4.78 is 7.20. The number of hydrogen-bond acceptors (Lipinski definition) is 6. The fourth-order valence-electron chi connectivity index (χ4n) is 2.82. The van der Waals surface area contributed by atoms with Crippen molar-refractivity contribution in [2.45, 2.75) is 6.92 Å². The Kier molecular flexibility index (Phi) is 5.03. The summed E-state index contributed by atoms with van der Waals surface area (Å²) in [5.41, 5.74) is 1.37. The normalized spacial score (nSPS) is 10.7. The van der Waals surface area contributed by atoms with E-state index in [0.29, 0.717) is 16.4 Å². The molecule has 0 radical (unpaired) electrons. The van der Waals surface area contributed by atoms with E-state index in [4.69, 9.17) is 16.3 Å². The Labute approximate surface area is 175 Å². The minimum Gasteiger partial charge on any atom is -0.457 e. The SMILES string of the molecule is Cc1cc(Oc2cc(NC(=O)c3cnn4cccnc34)cc([N+](=O)[O-])c2)ccc1Cl. The molecule has 0 spiro atoms. The number of non-ortho nitro benzene ring substituents is 1. The predicted octanol–water partition coefficient (Wildman–Crippen LogP) is 4.64. The van der Waals surface area contributed by atoms with Gasteiger partial charge in [-0.2, -0.15) is 5.10 Å². The molecule has 0 aliphatic heterocycles. The van der Waals surface area contributed by atoms with Gasteiger partial charge in [0, 0.05) is 29.5 Å². The number of amides is 1. The van der Waals surface area contributed by atoms with Gasteiger partial charge in [0.05, 0.1) is 22.9 Å². The van der Waals surface area contributed by atoms with Crippen LogP contribution < -0.4 is 10.1 Å². The molecule has 150 valence electrons. The number of anilines is 1. The van der Waals surface area contributed by atoms with Gasteiger partial charge in [0.1, 0.15) is 17.1 Å². The van der Waals surface area contributed by atoms with Crippen molar-refractivity contribution in [3.05, 3.63) is 87.3 Å². The Morgan fingerprint density at radius 3 is 2.83 bits per heavy atom. The summed E-state index contributed by atoms with van der Waals surface area (Å²) in [5, 5.41) is 18.6. The topological polar surface area (TPSA) is 112 Å². The molecule has 0 bridgehead atoms. The number of benzene rings is 2. The highest BCUT2D eigenvalue weighted by atomic mass is 35.5. The highest BCUT2D eigenvalue weighted by Crippen LogP contribution is 2.31. The van der Waals surface area contributed by atoms with Crippen LogP contribution in [0.25, 0.3) is 5.65 Å². The highest BCUT2D eigenvalue weighted by Gasteiger charge is 2.17. The van der Waals surface area contributed by atoms with Gasteiger partial charge in [-0.15, -0.1) is 0 Å². The van der Waals surface area contributed by atoms with E-state index < -0.39 is 10.8 Å². The number of nitrogens with zero attached hydrogens (tertiary/aromatic N) is 4. The number of nitrogens with one attached hydrogen (secondary N) is 1. The molecule has 0 aliphatic rings. The van der Waals surface area contributed by atoms with Gasteiger partial charge in [0.2, 0.25) is 0 Å². The molecule has 4 rings (SSSR count). The quantitative estimate of drug-likeness (QED) is 0.369. The summed E-state index contributed by atoms with van der Waals surface area (Å²) in [6.45, 7) is 1.82. The first-order valence-corrected chi connectivity index (χ1v) is 9.12. The number of nitro groups is 1. The van der Waals surface area contributed by atoms with Crippen LogP contribution >= 0.6 is 11.6 Å². The van der Waals surface area contributed by atoms with Crippen LogP contribution in [0, 0.1) is 17.0 Å². The lowest BCUT2D eigenvalue weighted by molar-refractivity contribution is -0.384. The van der Waals surface area contributed by atoms with E-state index in [-0.39, 0.29) is 22.7 Å². The largest absolute Gasteiger partial charge is 0.457 e. The number of ether oxygens (including phenoxy) is 1. The lowest BCUT2D eigenvalue weighted by Crippen LogP contribution is -2.12. The van der Waals surface area contributed by atoms with Crippen molar-refractivity contribution in [1.82, 2.24) is 14.6 Å². The maximum absolute atomic E-state index is 12.7. The van der Waals surface area contributed by atoms with Gasteiger partial charge >= 0.3 is 0 Å². The first-order chi connectivity index (χ1) is 14.4. The fourth-order valence-corrected chi connectivity index (χ4v) is 2.94. The molecule has 0 saturated heterocycles. The zero-order valence-corrected chi connectivity index (χ0v) is 16.3. The van der Waals surface area contributed by atoms with Gasteiger partial charge < -0.3 is 10.1 Å². The van der Waals surface area contributed by atoms with Crippen molar-refractivity contribution in [3.63, 3.8) is 0 Å². The molecular formula is C20H14ClN5O4. The van der Waals surface area contributed by atoms with Crippen molar-refractivity contribution in [2.24, 2.45) is 0 Å². The van der Waals surface area contributed by atoms with Crippen LogP contribution in [-0.4, -0.2) is 25.4 Å². The Bertz CT molecular complexity index is 1290. The molecule has 10 heteroatoms. The van der Waals surface area contributed by atoms with E-state index in [2.05, 4.69) is 15.4 Å². The molecule has 4 aromatic rings. The van der Waals surface area contributed by atoms with E-state index in [1.54, 1.807) is 36.7 Å². The molecule has 1 amide bonds. The third-order valence-electron chi connectivity index (χ3n) is 4.25. The number of aromatic nitrogens is 3. The second kappa shape index (κ2) is 7.80. The standard InChI is InChI=1S/C20H14ClN5O4/c1-12-7-15(3-4-18(12)21)30-16-9-13(8-14(10-16)26(28)29)24-20(27)17-11-23-25-6-2-5-22-19(17)25/h2-11H,1H3,(H,24,27). The molecule has 2 heterocycles. The number of aryl methyl sites for hydroxylation is 1. The lowest BCUT2D eigenvalue weighted by Gasteiger charge is -2.10. The first kappa shape index (κ1) is 19.3. The molecule has 2 aromatic heterocycles. The summed E-state index contributed by atoms with van der Waals surface area (Å²) in [5.74, 6) is 0.151. The Morgan fingerprint density at radius 1 is 1.23 bits per heavy atom. The van der Waals surface area contributed by atoms with Gasteiger partial charge in [-0.25, -0.2) is 9.50 Å². The van der Waals surface area contributed by atoms with Crippen LogP contribution in [0.3, 0.4) is 0 Å². The second-order valence-electron chi connectivity index (χ2n) is 6.39. The van der Waals surface area contributed by atoms with Crippen molar-refractivity contribution < 1.29 is 14.5 Å². The van der Waals surface area contributed by atoms with Crippen LogP contribution in [0.2, 0.25) is 5.02 Å². The number of carbonyl (C=O) groups excluding carboxylic acids is 1. The molecule has 0 aliphatic carbocycles. The molecule has 0 saturated carbocycles. The van der Waals surface area contributed by atoms with Gasteiger partial charge in [0.15, 0.2) is 5.65 Å². The highest BCUT2D eigenvalue weighted by molar-refractivity contribution is 6.31. The van der Waals surface area contributed by atoms with Crippen molar-refractivity contribution in [1.29, 1.82) is 0 Å². The van der Waals surface area contributed by atoms with E-state index in [1.807, 2.05) is 6.92 Å². The molecule has 9 nitrogen and oxygen atoms in total. The summed E-state index contributed by atoms with van der Waals surface area (Å²) in [6, 6.07) is 10.7. The van der Waals surface area contributed by atoms with E-state index >= 15 is 0 Å². The van der Waals surface area contributed by atoms with E-state index in [0.717, 1.165) is 5.56 Å². The molecule has 0 fully saturated rings. The minimum absolute atomic E-state index is 0.194. The van der Waals surface area contributed by atoms with Crippen LogP contribution in [0.15, 0.2) is 61.1 Å². The minimum atomic E-state index is -0.563. The van der Waals surface area contributed by atoms with E-state index in [9.17, 15) is 14.9 Å². The second-order valence-corrected chi connectivity index (χ2v) is 6.79. The molecule has 0 unspecified atom stereocenters. The van der Waals surface area contributed by atoms with Crippen molar-refractivity contribution in [2.75, 3.05) is 5.32 Å². The Hall–Kier alpha value is -3.98. The Morgan fingerprint density at radius 2 is 2.07 bits per heavy atom. The van der Waals surface area contributed by atoms with Crippen LogP contribution in [0.5, 0.6) is 11.5 Å². The number of carbonyl (C=O) groups is 1. The zero-order chi connectivity index (χ0) is 21.3. The molecule has 0 atom stereocenters. The summed E-state index contributed by atoms with van der Waals surface area (Å²) in [6.07, 6.45) is 4.58. The molecule has 2 aromatic carbocycles. The van der Waals surface area contributed by atoms with Gasteiger partial charge in [0.25, 0.3) is 11.6 Å². The number of halogens is 1. The summed E-state index contributed by atoms with van der Waals surface area (Å²) in [4.78, 5) is 27.6. The van der Waals surface area contributed by atoms with Crippen molar-refractivity contribution in [3.8, 4) is 11.5 Å². The molecule has 1 N–H and O–H groups in total. The monoisotopic (exact) mass is 423 g/mol. The van der Waals surface area contributed by atoms with Gasteiger partial charge in [-0.1, -0.05) is 11.6 Å². The van der Waals surface area contributed by atoms with Crippen LogP contribution in [-0.2, 0) is 0 Å². The fraction of sp³-hybridized carbons (Fsp3) is 0.0500. The number of hydrogen-bond donors (Lipinski definition) is 1. The maximum Gasteiger partial charge on any atom is 0.275 e. The third-order valence-corrected chi connectivity index (χ3v) is 4.67. The number of rotatable bonds is 5. The maximum atomic E-state index is 12.7. The predicted molar refractivity (Wildman–Crippen MR) is 110 cm³/mol. The average molecular weight is 424 g/mol.